The molecular weight excluding hydrogens is 312 g/mol. The summed E-state index contributed by atoms with van der Waals surface area (Å²) in [4.78, 5) is 12.9. The molecular formula is C17H24N2O3S. The van der Waals surface area contributed by atoms with E-state index in [2.05, 4.69) is 5.32 Å². The monoisotopic (exact) mass is 336 g/mol. The van der Waals surface area contributed by atoms with Crippen LogP contribution in [0, 0.1) is 0 Å². The molecule has 1 saturated carbocycles. The highest BCUT2D eigenvalue weighted by atomic mass is 32.2. The van der Waals surface area contributed by atoms with Crippen molar-refractivity contribution in [3.8, 4) is 0 Å². The fourth-order valence-corrected chi connectivity index (χ4v) is 5.23. The predicted molar refractivity (Wildman–Crippen MR) is 88.4 cm³/mol. The highest BCUT2D eigenvalue weighted by molar-refractivity contribution is 7.89. The van der Waals surface area contributed by atoms with E-state index in [0.29, 0.717) is 13.0 Å². The molecule has 1 aromatic carbocycles. The predicted octanol–water partition coefficient (Wildman–Crippen LogP) is 2.29. The van der Waals surface area contributed by atoms with Crippen LogP contribution in [0.15, 0.2) is 35.2 Å². The number of piperidine rings is 1. The zero-order valence-electron chi connectivity index (χ0n) is 13.3. The molecule has 1 atom stereocenters. The van der Waals surface area contributed by atoms with E-state index in [9.17, 15) is 13.2 Å². The second-order valence-corrected chi connectivity index (χ2v) is 8.32. The summed E-state index contributed by atoms with van der Waals surface area (Å²) in [7, 11) is -3.62. The van der Waals surface area contributed by atoms with Crippen molar-refractivity contribution in [3.63, 3.8) is 0 Å². The second kappa shape index (κ2) is 7.01. The number of hydrogen-bond donors (Lipinski definition) is 1. The normalized spacial score (nSPS) is 23.7. The van der Waals surface area contributed by atoms with E-state index in [1.54, 1.807) is 30.3 Å². The number of rotatable bonds is 4. The smallest absolute Gasteiger partial charge is 0.243 e. The zero-order valence-corrected chi connectivity index (χ0v) is 14.1. The van der Waals surface area contributed by atoms with Crippen LogP contribution in [0.25, 0.3) is 0 Å². The van der Waals surface area contributed by atoms with Gasteiger partial charge in [-0.05, 0) is 37.8 Å². The van der Waals surface area contributed by atoms with Gasteiger partial charge in [0.1, 0.15) is 6.04 Å². The molecule has 1 aliphatic carbocycles. The zero-order chi connectivity index (χ0) is 16.3. The molecule has 1 heterocycles. The molecule has 0 bridgehead atoms. The van der Waals surface area contributed by atoms with Gasteiger partial charge in [0.25, 0.3) is 0 Å². The van der Waals surface area contributed by atoms with Gasteiger partial charge >= 0.3 is 0 Å². The molecule has 0 radical (unpaired) electrons. The number of sulfonamides is 1. The van der Waals surface area contributed by atoms with Crippen molar-refractivity contribution in [2.75, 3.05) is 6.54 Å². The van der Waals surface area contributed by atoms with Crippen molar-refractivity contribution in [2.45, 2.75) is 61.9 Å². The van der Waals surface area contributed by atoms with Gasteiger partial charge in [0, 0.05) is 12.6 Å². The number of carbonyl (C=O) groups excluding carboxylic acids is 1. The molecule has 2 aliphatic rings. The molecule has 1 saturated heterocycles. The Morgan fingerprint density at radius 2 is 1.65 bits per heavy atom. The first-order valence-electron chi connectivity index (χ1n) is 8.46. The maximum atomic E-state index is 12.9. The first-order chi connectivity index (χ1) is 11.1. The van der Waals surface area contributed by atoms with E-state index >= 15 is 0 Å². The molecule has 5 nitrogen and oxygen atoms in total. The number of benzene rings is 1. The Bertz CT molecular complexity index is 639. The van der Waals surface area contributed by atoms with Gasteiger partial charge in [-0.25, -0.2) is 8.42 Å². The van der Waals surface area contributed by atoms with Gasteiger partial charge in [0.05, 0.1) is 4.90 Å². The first kappa shape index (κ1) is 16.5. The van der Waals surface area contributed by atoms with Crippen molar-refractivity contribution in [2.24, 2.45) is 0 Å². The third kappa shape index (κ3) is 3.58. The van der Waals surface area contributed by atoms with Gasteiger partial charge in [0.15, 0.2) is 0 Å². The van der Waals surface area contributed by atoms with Gasteiger partial charge in [-0.1, -0.05) is 37.5 Å². The number of hydrogen-bond acceptors (Lipinski definition) is 3. The van der Waals surface area contributed by atoms with E-state index in [1.165, 1.54) is 4.31 Å². The second-order valence-electron chi connectivity index (χ2n) is 6.43. The molecule has 1 aromatic rings. The van der Waals surface area contributed by atoms with Gasteiger partial charge in [-0.2, -0.15) is 4.31 Å². The maximum Gasteiger partial charge on any atom is 0.243 e. The van der Waals surface area contributed by atoms with Crippen LogP contribution < -0.4 is 5.32 Å². The van der Waals surface area contributed by atoms with Crippen molar-refractivity contribution in [1.29, 1.82) is 0 Å². The van der Waals surface area contributed by atoms with Crippen molar-refractivity contribution in [1.82, 2.24) is 9.62 Å². The van der Waals surface area contributed by atoms with Crippen molar-refractivity contribution in [3.05, 3.63) is 30.3 Å². The Kier molecular flexibility index (Phi) is 5.02. The lowest BCUT2D eigenvalue weighted by atomic mass is 10.0. The summed E-state index contributed by atoms with van der Waals surface area (Å²) in [6.07, 6.45) is 6.59. The quantitative estimate of drug-likeness (QED) is 0.917. The Morgan fingerprint density at radius 1 is 1.00 bits per heavy atom. The van der Waals surface area contributed by atoms with Crippen molar-refractivity contribution >= 4 is 15.9 Å². The molecule has 23 heavy (non-hydrogen) atoms. The Balaban J connectivity index is 1.79. The van der Waals surface area contributed by atoms with E-state index in [1.807, 2.05) is 0 Å². The van der Waals surface area contributed by atoms with Crippen LogP contribution in [0.1, 0.15) is 44.9 Å². The number of carbonyl (C=O) groups is 1. The molecule has 1 amide bonds. The van der Waals surface area contributed by atoms with Crippen LogP contribution in [-0.2, 0) is 14.8 Å². The van der Waals surface area contributed by atoms with E-state index < -0.39 is 16.1 Å². The first-order valence-corrected chi connectivity index (χ1v) is 9.90. The molecule has 1 N–H and O–H groups in total. The lowest BCUT2D eigenvalue weighted by Crippen LogP contribution is -2.53. The summed E-state index contributed by atoms with van der Waals surface area (Å²) >= 11 is 0. The van der Waals surface area contributed by atoms with E-state index in [4.69, 9.17) is 0 Å². The average molecular weight is 336 g/mol. The summed E-state index contributed by atoms with van der Waals surface area (Å²) in [5, 5.41) is 3.06. The summed E-state index contributed by atoms with van der Waals surface area (Å²) in [5.41, 5.74) is 0. The molecule has 2 fully saturated rings. The maximum absolute atomic E-state index is 12.9. The molecule has 3 rings (SSSR count). The molecule has 126 valence electrons. The summed E-state index contributed by atoms with van der Waals surface area (Å²) in [5.74, 6) is -0.129. The highest BCUT2D eigenvalue weighted by Crippen LogP contribution is 2.26. The minimum absolute atomic E-state index is 0.129. The highest BCUT2D eigenvalue weighted by Gasteiger charge is 2.38. The lowest BCUT2D eigenvalue weighted by molar-refractivity contribution is -0.126. The minimum atomic E-state index is -3.62. The standard InChI is InChI=1S/C17H24N2O3S/c20-17(18-14-8-4-5-9-14)16-12-6-7-13-19(16)23(21,22)15-10-2-1-3-11-15/h1-3,10-11,14,16H,4-9,12-13H2,(H,18,20). The fourth-order valence-electron chi connectivity index (χ4n) is 3.55. The summed E-state index contributed by atoms with van der Waals surface area (Å²) < 4.78 is 27.2. The van der Waals surface area contributed by atoms with Crippen LogP contribution in [-0.4, -0.2) is 37.3 Å². The van der Waals surface area contributed by atoms with Crippen LogP contribution >= 0.6 is 0 Å². The molecule has 1 unspecified atom stereocenters. The Labute approximate surface area is 138 Å². The third-order valence-corrected chi connectivity index (χ3v) is 6.73. The Morgan fingerprint density at radius 3 is 2.35 bits per heavy atom. The van der Waals surface area contributed by atoms with Gasteiger partial charge in [-0.3, -0.25) is 4.79 Å². The summed E-state index contributed by atoms with van der Waals surface area (Å²) in [6.45, 7) is 0.417. The van der Waals surface area contributed by atoms with Crippen LogP contribution in [0.4, 0.5) is 0 Å². The van der Waals surface area contributed by atoms with Gasteiger partial charge < -0.3 is 5.32 Å². The number of amides is 1. The molecule has 0 spiro atoms. The third-order valence-electron chi connectivity index (χ3n) is 4.81. The van der Waals surface area contributed by atoms with Crippen LogP contribution in [0.2, 0.25) is 0 Å². The largest absolute Gasteiger partial charge is 0.352 e. The van der Waals surface area contributed by atoms with E-state index in [0.717, 1.165) is 38.5 Å². The van der Waals surface area contributed by atoms with Gasteiger partial charge in [-0.15, -0.1) is 0 Å². The summed E-state index contributed by atoms with van der Waals surface area (Å²) in [6, 6.07) is 8.04. The SMILES string of the molecule is O=C(NC1CCCC1)C1CCCCN1S(=O)(=O)c1ccccc1. The van der Waals surface area contributed by atoms with Crippen LogP contribution in [0.3, 0.4) is 0 Å². The number of nitrogens with one attached hydrogen (secondary N) is 1. The lowest BCUT2D eigenvalue weighted by Gasteiger charge is -2.34. The minimum Gasteiger partial charge on any atom is -0.352 e. The molecule has 1 aliphatic heterocycles. The van der Waals surface area contributed by atoms with Crippen LogP contribution in [0.5, 0.6) is 0 Å². The fraction of sp³-hybridized carbons (Fsp3) is 0.588. The topological polar surface area (TPSA) is 66.5 Å². The Hall–Kier alpha value is -1.40. The van der Waals surface area contributed by atoms with Gasteiger partial charge in [0.2, 0.25) is 15.9 Å². The van der Waals surface area contributed by atoms with Crippen molar-refractivity contribution < 1.29 is 13.2 Å². The van der Waals surface area contributed by atoms with E-state index in [-0.39, 0.29) is 16.8 Å². The molecule has 6 heteroatoms. The average Bonchev–Trinajstić information content (AvgIpc) is 3.08. The number of nitrogens with zero attached hydrogens (tertiary/aromatic N) is 1. The molecule has 0 aromatic heterocycles.